The summed E-state index contributed by atoms with van der Waals surface area (Å²) in [6.07, 6.45) is 2.35. The normalized spacial score (nSPS) is 13.1. The van der Waals surface area contributed by atoms with Gasteiger partial charge in [-0.1, -0.05) is 60.7 Å². The van der Waals surface area contributed by atoms with Crippen molar-refractivity contribution in [2.45, 2.75) is 25.9 Å². The van der Waals surface area contributed by atoms with Crippen LogP contribution >= 0.6 is 0 Å². The summed E-state index contributed by atoms with van der Waals surface area (Å²) in [5.74, 6) is -0.0336. The van der Waals surface area contributed by atoms with Crippen LogP contribution in [0.25, 0.3) is 0 Å². The van der Waals surface area contributed by atoms with Crippen molar-refractivity contribution in [3.63, 3.8) is 0 Å². The summed E-state index contributed by atoms with van der Waals surface area (Å²) in [6, 6.07) is 26.6. The second kappa shape index (κ2) is 8.09. The van der Waals surface area contributed by atoms with E-state index in [1.165, 1.54) is 23.2 Å². The molecular formula is C24H24N2O. The van der Waals surface area contributed by atoms with E-state index in [0.29, 0.717) is 12.1 Å². The Labute approximate surface area is 160 Å². The molecule has 0 spiro atoms. The van der Waals surface area contributed by atoms with Crippen molar-refractivity contribution in [1.82, 2.24) is 5.32 Å². The van der Waals surface area contributed by atoms with Gasteiger partial charge in [-0.05, 0) is 47.7 Å². The fraction of sp³-hybridized carbons (Fsp3) is 0.208. The smallest absolute Gasteiger partial charge is 0.251 e. The molecular weight excluding hydrogens is 332 g/mol. The summed E-state index contributed by atoms with van der Waals surface area (Å²) in [6.45, 7) is 2.51. The van der Waals surface area contributed by atoms with Crippen LogP contribution in [0.5, 0.6) is 0 Å². The number of nitrogens with one attached hydrogen (secondary N) is 1. The fourth-order valence-electron chi connectivity index (χ4n) is 3.64. The van der Waals surface area contributed by atoms with Crippen molar-refractivity contribution < 1.29 is 4.79 Å². The van der Waals surface area contributed by atoms with E-state index < -0.39 is 0 Å². The maximum absolute atomic E-state index is 12.4. The molecule has 4 rings (SSSR count). The summed E-state index contributed by atoms with van der Waals surface area (Å²) in [5, 5.41) is 2.98. The standard InChI is InChI=1S/C24H24N2O/c27-24(25-17-19-7-2-1-3-8-19)22-14-12-20(13-15-22)18-26-16-6-10-21-9-4-5-11-23(21)26/h1-5,7-9,11-15H,6,10,16-18H2,(H,25,27). The molecule has 27 heavy (non-hydrogen) atoms. The number of rotatable bonds is 5. The zero-order valence-electron chi connectivity index (χ0n) is 15.4. The first-order valence-corrected chi connectivity index (χ1v) is 9.53. The monoisotopic (exact) mass is 356 g/mol. The van der Waals surface area contributed by atoms with E-state index in [4.69, 9.17) is 0 Å². The molecule has 0 aliphatic carbocycles. The van der Waals surface area contributed by atoms with Crippen molar-refractivity contribution in [3.8, 4) is 0 Å². The maximum atomic E-state index is 12.4. The van der Waals surface area contributed by atoms with Gasteiger partial charge in [0.15, 0.2) is 0 Å². The highest BCUT2D eigenvalue weighted by molar-refractivity contribution is 5.94. The fourth-order valence-corrected chi connectivity index (χ4v) is 3.64. The van der Waals surface area contributed by atoms with Crippen LogP contribution in [0.1, 0.15) is 33.5 Å². The number of nitrogens with zero attached hydrogens (tertiary/aromatic N) is 1. The third kappa shape index (κ3) is 4.20. The van der Waals surface area contributed by atoms with Gasteiger partial charge in [0, 0.05) is 30.9 Å². The van der Waals surface area contributed by atoms with Gasteiger partial charge in [0.1, 0.15) is 0 Å². The molecule has 0 saturated carbocycles. The van der Waals surface area contributed by atoms with Crippen molar-refractivity contribution in [2.24, 2.45) is 0 Å². The second-order valence-corrected chi connectivity index (χ2v) is 7.02. The third-order valence-electron chi connectivity index (χ3n) is 5.09. The molecule has 0 bridgehead atoms. The lowest BCUT2D eigenvalue weighted by atomic mass is 10.0. The maximum Gasteiger partial charge on any atom is 0.251 e. The number of amides is 1. The minimum absolute atomic E-state index is 0.0336. The van der Waals surface area contributed by atoms with Gasteiger partial charge in [-0.3, -0.25) is 4.79 Å². The zero-order valence-corrected chi connectivity index (χ0v) is 15.4. The van der Waals surface area contributed by atoms with Crippen LogP contribution in [-0.4, -0.2) is 12.5 Å². The summed E-state index contributed by atoms with van der Waals surface area (Å²) in [7, 11) is 0. The van der Waals surface area contributed by atoms with Crippen LogP contribution in [-0.2, 0) is 19.5 Å². The van der Waals surface area contributed by atoms with E-state index >= 15 is 0 Å². The van der Waals surface area contributed by atoms with E-state index in [1.807, 2.05) is 42.5 Å². The molecule has 1 heterocycles. The molecule has 1 amide bonds. The molecule has 3 aromatic carbocycles. The summed E-state index contributed by atoms with van der Waals surface area (Å²) >= 11 is 0. The van der Waals surface area contributed by atoms with Gasteiger partial charge in [-0.2, -0.15) is 0 Å². The molecule has 3 nitrogen and oxygen atoms in total. The predicted molar refractivity (Wildman–Crippen MR) is 110 cm³/mol. The Morgan fingerprint density at radius 3 is 2.41 bits per heavy atom. The minimum Gasteiger partial charge on any atom is -0.367 e. The third-order valence-corrected chi connectivity index (χ3v) is 5.09. The quantitative estimate of drug-likeness (QED) is 0.726. The average molecular weight is 356 g/mol. The average Bonchev–Trinajstić information content (AvgIpc) is 2.74. The molecule has 3 heteroatoms. The predicted octanol–water partition coefficient (Wildman–Crippen LogP) is 4.57. The van der Waals surface area contributed by atoms with E-state index in [-0.39, 0.29) is 5.91 Å². The van der Waals surface area contributed by atoms with E-state index in [0.717, 1.165) is 25.1 Å². The van der Waals surface area contributed by atoms with Gasteiger partial charge in [0.25, 0.3) is 5.91 Å². The molecule has 0 saturated heterocycles. The number of carbonyl (C=O) groups is 1. The Hall–Kier alpha value is -3.07. The molecule has 0 atom stereocenters. The highest BCUT2D eigenvalue weighted by atomic mass is 16.1. The highest BCUT2D eigenvalue weighted by Gasteiger charge is 2.16. The van der Waals surface area contributed by atoms with E-state index in [1.54, 1.807) is 0 Å². The topological polar surface area (TPSA) is 32.3 Å². The molecule has 136 valence electrons. The Balaban J connectivity index is 1.39. The van der Waals surface area contributed by atoms with Crippen LogP contribution in [0.2, 0.25) is 0 Å². The van der Waals surface area contributed by atoms with Crippen molar-refractivity contribution in [1.29, 1.82) is 0 Å². The Bertz CT molecular complexity index is 903. The van der Waals surface area contributed by atoms with E-state index in [2.05, 4.69) is 46.6 Å². The number of anilines is 1. The first-order chi connectivity index (χ1) is 13.3. The van der Waals surface area contributed by atoms with Gasteiger partial charge in [-0.25, -0.2) is 0 Å². The summed E-state index contributed by atoms with van der Waals surface area (Å²) in [5.41, 5.74) is 5.81. The molecule has 0 unspecified atom stereocenters. The minimum atomic E-state index is -0.0336. The van der Waals surface area contributed by atoms with Crippen LogP contribution in [0.3, 0.4) is 0 Å². The summed E-state index contributed by atoms with van der Waals surface area (Å²) < 4.78 is 0. The van der Waals surface area contributed by atoms with Crippen molar-refractivity contribution in [3.05, 3.63) is 101 Å². The zero-order chi connectivity index (χ0) is 18.5. The van der Waals surface area contributed by atoms with Crippen LogP contribution in [0.15, 0.2) is 78.9 Å². The Kier molecular flexibility index (Phi) is 5.20. The SMILES string of the molecule is O=C(NCc1ccccc1)c1ccc(CN2CCCc3ccccc32)cc1. The number of para-hydroxylation sites is 1. The molecule has 0 aromatic heterocycles. The highest BCUT2D eigenvalue weighted by Crippen LogP contribution is 2.28. The van der Waals surface area contributed by atoms with Gasteiger partial charge < -0.3 is 10.2 Å². The Morgan fingerprint density at radius 1 is 0.852 bits per heavy atom. The van der Waals surface area contributed by atoms with Crippen molar-refractivity contribution in [2.75, 3.05) is 11.4 Å². The number of hydrogen-bond donors (Lipinski definition) is 1. The van der Waals surface area contributed by atoms with Gasteiger partial charge in [0.2, 0.25) is 0 Å². The molecule has 1 aliphatic rings. The lowest BCUT2D eigenvalue weighted by molar-refractivity contribution is 0.0951. The molecule has 1 aliphatic heterocycles. The number of benzene rings is 3. The molecule has 0 radical (unpaired) electrons. The number of fused-ring (bicyclic) bond motifs is 1. The lowest BCUT2D eigenvalue weighted by Gasteiger charge is -2.31. The molecule has 3 aromatic rings. The molecule has 1 N–H and O–H groups in total. The molecule has 0 fully saturated rings. The van der Waals surface area contributed by atoms with Gasteiger partial charge in [0.05, 0.1) is 0 Å². The van der Waals surface area contributed by atoms with Crippen LogP contribution in [0, 0.1) is 0 Å². The number of hydrogen-bond acceptors (Lipinski definition) is 2. The first kappa shape index (κ1) is 17.3. The number of carbonyl (C=O) groups excluding carboxylic acids is 1. The van der Waals surface area contributed by atoms with Crippen LogP contribution in [0.4, 0.5) is 5.69 Å². The van der Waals surface area contributed by atoms with Gasteiger partial charge in [-0.15, -0.1) is 0 Å². The number of aryl methyl sites for hydroxylation is 1. The second-order valence-electron chi connectivity index (χ2n) is 7.02. The largest absolute Gasteiger partial charge is 0.367 e. The van der Waals surface area contributed by atoms with Crippen LogP contribution < -0.4 is 10.2 Å². The first-order valence-electron chi connectivity index (χ1n) is 9.53. The Morgan fingerprint density at radius 2 is 1.59 bits per heavy atom. The van der Waals surface area contributed by atoms with Crippen molar-refractivity contribution >= 4 is 11.6 Å². The lowest BCUT2D eigenvalue weighted by Crippen LogP contribution is -2.28. The summed E-state index contributed by atoms with van der Waals surface area (Å²) in [4.78, 5) is 14.8. The van der Waals surface area contributed by atoms with E-state index in [9.17, 15) is 4.79 Å². The van der Waals surface area contributed by atoms with Gasteiger partial charge >= 0.3 is 0 Å².